The summed E-state index contributed by atoms with van der Waals surface area (Å²) in [4.78, 5) is 76.8. The van der Waals surface area contributed by atoms with E-state index in [0.717, 1.165) is 10.8 Å². The number of halogens is 1. The lowest BCUT2D eigenvalue weighted by Gasteiger charge is -2.22. The number of carbonyl (C=O) groups excluding carboxylic acids is 5. The normalized spacial score (nSPS) is 10.9. The number of para-hydroxylation sites is 2. The van der Waals surface area contributed by atoms with E-state index < -0.39 is 5.97 Å². The van der Waals surface area contributed by atoms with E-state index in [1.165, 1.54) is 27.0 Å². The fourth-order valence-electron chi connectivity index (χ4n) is 7.14. The van der Waals surface area contributed by atoms with Crippen molar-refractivity contribution < 1.29 is 38.2 Å². The third-order valence-corrected chi connectivity index (χ3v) is 10.2. The fourth-order valence-corrected chi connectivity index (χ4v) is 7.36. The summed E-state index contributed by atoms with van der Waals surface area (Å²) in [5, 5.41) is 20.3. The van der Waals surface area contributed by atoms with E-state index >= 15 is 0 Å². The average molecular weight is 821 g/mol. The smallest absolute Gasteiger partial charge is 0.373 e. The van der Waals surface area contributed by atoms with Gasteiger partial charge in [-0.2, -0.15) is 9.59 Å². The van der Waals surface area contributed by atoms with Crippen molar-refractivity contribution in [2.24, 2.45) is 0 Å². The van der Waals surface area contributed by atoms with Gasteiger partial charge < -0.3 is 24.9 Å². The molecule has 13 nitrogen and oxygen atoms in total. The van der Waals surface area contributed by atoms with Crippen molar-refractivity contribution in [3.63, 3.8) is 0 Å². The van der Waals surface area contributed by atoms with Gasteiger partial charge in [-0.25, -0.2) is 14.8 Å². The molecule has 2 aromatic heterocycles. The average Bonchev–Trinajstić information content (AvgIpc) is 3.25. The molecule has 0 bridgehead atoms. The quantitative estimate of drug-likeness (QED) is 0.0673. The van der Waals surface area contributed by atoms with Crippen molar-refractivity contribution >= 4 is 79.4 Å². The van der Waals surface area contributed by atoms with Crippen LogP contribution in [-0.4, -0.2) is 45.9 Å². The molecule has 60 heavy (non-hydrogen) atoms. The van der Waals surface area contributed by atoms with Crippen molar-refractivity contribution in [3.05, 3.63) is 146 Å². The van der Waals surface area contributed by atoms with E-state index in [9.17, 15) is 24.3 Å². The summed E-state index contributed by atoms with van der Waals surface area (Å²) in [5.41, 5.74) is 5.23. The first-order chi connectivity index (χ1) is 28.9. The minimum Gasteiger partial charge on any atom is -0.506 e. The number of pyridine rings is 2. The Morgan fingerprint density at radius 3 is 1.97 bits per heavy atom. The molecule has 2 aliphatic rings. The summed E-state index contributed by atoms with van der Waals surface area (Å²) >= 11 is 6.77. The molecule has 298 valence electrons. The highest BCUT2D eigenvalue weighted by Crippen LogP contribution is 2.47. The van der Waals surface area contributed by atoms with Gasteiger partial charge in [-0.05, 0) is 55.0 Å². The first-order valence-electron chi connectivity index (χ1n) is 18.3. The molecule has 6 aromatic rings. The van der Waals surface area contributed by atoms with Crippen molar-refractivity contribution in [3.8, 4) is 28.2 Å². The van der Waals surface area contributed by atoms with Gasteiger partial charge in [0, 0.05) is 52.9 Å². The zero-order valence-electron chi connectivity index (χ0n) is 32.2. The molecule has 0 spiro atoms. The van der Waals surface area contributed by atoms with E-state index in [1.807, 2.05) is 48.5 Å². The Morgan fingerprint density at radius 1 is 0.750 bits per heavy atom. The van der Waals surface area contributed by atoms with Crippen molar-refractivity contribution in [2.75, 3.05) is 17.7 Å². The molecule has 0 amide bonds. The number of aromatic nitrogens is 2. The van der Waals surface area contributed by atoms with Gasteiger partial charge in [-0.1, -0.05) is 72.3 Å². The maximum absolute atomic E-state index is 13.8. The fraction of sp³-hybridized carbons (Fsp3) is 0.109. The van der Waals surface area contributed by atoms with Gasteiger partial charge in [0.15, 0.2) is 17.0 Å². The zero-order chi connectivity index (χ0) is 42.7. The predicted molar refractivity (Wildman–Crippen MR) is 226 cm³/mol. The summed E-state index contributed by atoms with van der Waals surface area (Å²) < 4.78 is 11.6. The van der Waals surface area contributed by atoms with Crippen LogP contribution in [0, 0.1) is 0 Å². The summed E-state index contributed by atoms with van der Waals surface area (Å²) in [6, 6.07) is 29.7. The number of aromatic hydroxyl groups is 1. The minimum absolute atomic E-state index is 0.00141. The van der Waals surface area contributed by atoms with Gasteiger partial charge >= 0.3 is 12.1 Å². The minimum atomic E-state index is -0.588. The number of fused-ring (bicyclic) bond motifs is 4. The number of hydrogen-bond donors (Lipinski definition) is 3. The number of benzene rings is 5. The first kappa shape index (κ1) is 40.5. The Morgan fingerprint density at radius 2 is 1.35 bits per heavy atom. The molecule has 0 atom stereocenters. The molecule has 3 N–H and O–H groups in total. The lowest BCUT2D eigenvalue weighted by atomic mass is 9.87. The number of ketones is 2. The predicted octanol–water partition coefficient (Wildman–Crippen LogP) is 8.85. The number of esters is 1. The Labute approximate surface area is 345 Å². The molecule has 3 heterocycles. The van der Waals surface area contributed by atoms with Gasteiger partial charge in [-0.15, -0.1) is 0 Å². The van der Waals surface area contributed by atoms with Crippen LogP contribution in [0.2, 0.25) is 5.02 Å². The van der Waals surface area contributed by atoms with Crippen molar-refractivity contribution in [2.45, 2.75) is 26.9 Å². The van der Waals surface area contributed by atoms with Crippen LogP contribution in [0.15, 0.2) is 112 Å². The summed E-state index contributed by atoms with van der Waals surface area (Å²) in [6.45, 7) is 2.91. The van der Waals surface area contributed by atoms with E-state index in [4.69, 9.17) is 30.3 Å². The molecule has 14 heteroatoms. The Bertz CT molecular complexity index is 3100. The van der Waals surface area contributed by atoms with Gasteiger partial charge in [-0.3, -0.25) is 14.4 Å². The number of anilines is 2. The van der Waals surface area contributed by atoms with Crippen LogP contribution in [0.3, 0.4) is 0 Å². The van der Waals surface area contributed by atoms with Crippen LogP contribution in [0.4, 0.5) is 11.4 Å². The number of methoxy groups -OCH3 is 1. The zero-order valence-corrected chi connectivity index (χ0v) is 33.0. The second-order valence-corrected chi connectivity index (χ2v) is 14.0. The SMILES string of the molecule is COC(=O)c1ccc2cccc(NCc3c(O)c(Cl)cc4c(-c5ccccc5C(C)=O)c5ccc(=O)c(CNc6cccc7ccc(C(C)=O)nc67)c-5oc34)c2n1.O=C=O. The number of nitrogens with one attached hydrogen (secondary N) is 2. The lowest BCUT2D eigenvalue weighted by Crippen LogP contribution is -2.15. The lowest BCUT2D eigenvalue weighted by molar-refractivity contribution is -0.191. The molecular formula is C46H33ClN4O9. The third kappa shape index (κ3) is 7.65. The summed E-state index contributed by atoms with van der Waals surface area (Å²) in [6.07, 6.45) is 0.250. The maximum atomic E-state index is 13.8. The van der Waals surface area contributed by atoms with E-state index in [-0.39, 0.29) is 75.2 Å². The van der Waals surface area contributed by atoms with Crippen LogP contribution < -0.4 is 16.1 Å². The molecule has 0 radical (unpaired) electrons. The molecular weight excluding hydrogens is 788 g/mol. The number of carbonyl (C=O) groups is 3. The van der Waals surface area contributed by atoms with Gasteiger partial charge in [0.05, 0.1) is 45.7 Å². The summed E-state index contributed by atoms with van der Waals surface area (Å²) in [5.74, 6) is -0.969. The number of phenolic OH excluding ortho intramolecular Hbond substituents is 1. The Balaban J connectivity index is 0.00000176. The second-order valence-electron chi connectivity index (χ2n) is 13.5. The standard InChI is InChI=1S/C45H33ClN4O7.CO2/c1-23(51)27-10-4-5-11-28(27)39-29-16-19-38(53)31(21-47-35-12-6-8-25-14-17-34(24(2)52)49-40(25)35)43(29)57-44-30(39)20-33(46)42(54)32(44)22-48-36-13-7-9-26-15-18-37(45(55)56-3)50-41(26)36;2-1-3/h4-20,47-48,54H,21-22H2,1-3H3;. The number of phenols is 1. The van der Waals surface area contributed by atoms with Gasteiger partial charge in [0.25, 0.3) is 0 Å². The number of hydrogen-bond acceptors (Lipinski definition) is 13. The maximum Gasteiger partial charge on any atom is 0.373 e. The van der Waals surface area contributed by atoms with Crippen LogP contribution in [-0.2, 0) is 27.4 Å². The van der Waals surface area contributed by atoms with Crippen LogP contribution in [0.5, 0.6) is 5.75 Å². The van der Waals surface area contributed by atoms with E-state index in [0.29, 0.717) is 55.7 Å². The summed E-state index contributed by atoms with van der Waals surface area (Å²) in [7, 11) is 1.28. The third-order valence-electron chi connectivity index (χ3n) is 9.94. The molecule has 1 aliphatic carbocycles. The Hall–Kier alpha value is -7.73. The molecule has 0 fully saturated rings. The topological polar surface area (TPSA) is 195 Å². The molecule has 1 aliphatic heterocycles. The van der Waals surface area contributed by atoms with Gasteiger partial charge in [0.1, 0.15) is 28.5 Å². The number of rotatable bonds is 10. The van der Waals surface area contributed by atoms with Crippen LogP contribution in [0.25, 0.3) is 55.2 Å². The molecule has 0 saturated carbocycles. The highest BCUT2D eigenvalue weighted by molar-refractivity contribution is 6.33. The molecule has 0 unspecified atom stereocenters. The van der Waals surface area contributed by atoms with Crippen LogP contribution >= 0.6 is 11.6 Å². The highest BCUT2D eigenvalue weighted by atomic mass is 35.5. The van der Waals surface area contributed by atoms with Crippen LogP contribution in [0.1, 0.15) is 56.3 Å². The number of Topliss-reactive ketones (excluding diaryl/α,β-unsaturated/α-hetero) is 2. The van der Waals surface area contributed by atoms with Crippen molar-refractivity contribution in [1.29, 1.82) is 0 Å². The molecule has 0 saturated heterocycles. The van der Waals surface area contributed by atoms with Crippen molar-refractivity contribution in [1.82, 2.24) is 9.97 Å². The molecule has 4 aromatic carbocycles. The van der Waals surface area contributed by atoms with Gasteiger partial charge in [0.2, 0.25) is 0 Å². The van der Waals surface area contributed by atoms with E-state index in [1.54, 1.807) is 48.5 Å². The largest absolute Gasteiger partial charge is 0.506 e. The molecule has 8 rings (SSSR count). The number of nitrogens with zero attached hydrogens (tertiary/aromatic N) is 2. The second kappa shape index (κ2) is 17.0. The first-order valence-corrected chi connectivity index (χ1v) is 18.7. The van der Waals surface area contributed by atoms with E-state index in [2.05, 4.69) is 20.6 Å². The number of ether oxygens (including phenoxy) is 1. The Kier molecular flexibility index (Phi) is 11.5. The monoisotopic (exact) mass is 820 g/mol. The highest BCUT2D eigenvalue weighted by Gasteiger charge is 2.27.